The van der Waals surface area contributed by atoms with Crippen LogP contribution in [-0.4, -0.2) is 19.3 Å². The second kappa shape index (κ2) is 7.27. The quantitative estimate of drug-likeness (QED) is 0.834. The molecule has 2 aromatic carbocycles. The van der Waals surface area contributed by atoms with Crippen LogP contribution in [0.3, 0.4) is 0 Å². The van der Waals surface area contributed by atoms with Gasteiger partial charge in [0.1, 0.15) is 17.1 Å². The zero-order valence-corrected chi connectivity index (χ0v) is 15.5. The molecule has 1 atom stereocenters. The molecule has 3 nitrogen and oxygen atoms in total. The highest BCUT2D eigenvalue weighted by molar-refractivity contribution is 5.49. The molecule has 0 saturated heterocycles. The molecule has 2 rings (SSSR count). The highest BCUT2D eigenvalue weighted by atomic mass is 16.5. The van der Waals surface area contributed by atoms with Crippen molar-refractivity contribution in [3.05, 3.63) is 59.2 Å². The van der Waals surface area contributed by atoms with E-state index in [1.165, 1.54) is 5.56 Å². The van der Waals surface area contributed by atoms with E-state index in [0.717, 1.165) is 11.1 Å². The van der Waals surface area contributed by atoms with Crippen LogP contribution in [0.2, 0.25) is 0 Å². The summed E-state index contributed by atoms with van der Waals surface area (Å²) in [7, 11) is 3.23. The van der Waals surface area contributed by atoms with Gasteiger partial charge in [0, 0.05) is 11.6 Å². The average Bonchev–Trinajstić information content (AvgIpc) is 2.60. The highest BCUT2D eigenvalue weighted by Gasteiger charge is 2.37. The van der Waals surface area contributed by atoms with Gasteiger partial charge in [-0.15, -0.1) is 0 Å². The van der Waals surface area contributed by atoms with Crippen LogP contribution in [0, 0.1) is 5.92 Å². The van der Waals surface area contributed by atoms with Gasteiger partial charge >= 0.3 is 0 Å². The topological polar surface area (TPSA) is 38.7 Å². The summed E-state index contributed by atoms with van der Waals surface area (Å²) in [4.78, 5) is 0. The van der Waals surface area contributed by atoms with Crippen molar-refractivity contribution in [3.63, 3.8) is 0 Å². The second-order valence-corrected chi connectivity index (χ2v) is 6.76. The van der Waals surface area contributed by atoms with Gasteiger partial charge in [-0.3, -0.25) is 0 Å². The molecule has 1 unspecified atom stereocenters. The minimum Gasteiger partial charge on any atom is -0.497 e. The van der Waals surface area contributed by atoms with Gasteiger partial charge in [-0.2, -0.15) is 0 Å². The lowest BCUT2D eigenvalue weighted by atomic mass is 9.77. The number of hydrogen-bond acceptors (Lipinski definition) is 3. The zero-order valence-electron chi connectivity index (χ0n) is 15.5. The monoisotopic (exact) mass is 328 g/mol. The van der Waals surface area contributed by atoms with Crippen molar-refractivity contribution >= 4 is 0 Å². The van der Waals surface area contributed by atoms with Gasteiger partial charge in [-0.1, -0.05) is 52.0 Å². The van der Waals surface area contributed by atoms with Crippen molar-refractivity contribution in [1.29, 1.82) is 0 Å². The number of rotatable bonds is 6. The van der Waals surface area contributed by atoms with Crippen LogP contribution >= 0.6 is 0 Å². The maximum Gasteiger partial charge on any atom is 0.129 e. The van der Waals surface area contributed by atoms with E-state index >= 15 is 0 Å². The predicted molar refractivity (Wildman–Crippen MR) is 97.9 cm³/mol. The van der Waals surface area contributed by atoms with Crippen LogP contribution in [0.5, 0.6) is 11.5 Å². The molecule has 130 valence electrons. The summed E-state index contributed by atoms with van der Waals surface area (Å²) in [6.45, 7) is 8.35. The number of aliphatic hydroxyl groups is 1. The molecular weight excluding hydrogens is 300 g/mol. The van der Waals surface area contributed by atoms with E-state index < -0.39 is 5.60 Å². The Bertz CT molecular complexity index is 674. The van der Waals surface area contributed by atoms with Crippen molar-refractivity contribution in [2.45, 2.75) is 39.2 Å². The molecule has 0 aliphatic rings. The molecule has 1 N–H and O–H groups in total. The number of benzene rings is 2. The average molecular weight is 328 g/mol. The fraction of sp³-hybridized carbons (Fsp3) is 0.429. The Hall–Kier alpha value is -2.00. The maximum atomic E-state index is 11.6. The van der Waals surface area contributed by atoms with Gasteiger partial charge < -0.3 is 14.6 Å². The summed E-state index contributed by atoms with van der Waals surface area (Å²) < 4.78 is 10.8. The minimum absolute atomic E-state index is 0.0234. The first kappa shape index (κ1) is 18.3. The van der Waals surface area contributed by atoms with Gasteiger partial charge in [-0.05, 0) is 35.1 Å². The molecular formula is C21H28O3. The molecule has 0 bridgehead atoms. The van der Waals surface area contributed by atoms with Gasteiger partial charge in [0.15, 0.2) is 0 Å². The lowest BCUT2D eigenvalue weighted by molar-refractivity contribution is 0.0294. The second-order valence-electron chi connectivity index (χ2n) is 6.76. The number of hydrogen-bond donors (Lipinski definition) is 1. The molecule has 2 aromatic rings. The highest BCUT2D eigenvalue weighted by Crippen LogP contribution is 2.42. The van der Waals surface area contributed by atoms with Crippen molar-refractivity contribution in [3.8, 4) is 11.5 Å². The van der Waals surface area contributed by atoms with Gasteiger partial charge in [0.25, 0.3) is 0 Å². The molecule has 0 aliphatic carbocycles. The first-order valence-corrected chi connectivity index (χ1v) is 8.39. The van der Waals surface area contributed by atoms with Crippen molar-refractivity contribution in [1.82, 2.24) is 0 Å². The van der Waals surface area contributed by atoms with E-state index in [1.54, 1.807) is 14.2 Å². The third kappa shape index (κ3) is 3.27. The number of methoxy groups -OCH3 is 2. The van der Waals surface area contributed by atoms with Crippen LogP contribution < -0.4 is 9.47 Å². The fourth-order valence-corrected chi connectivity index (χ4v) is 3.04. The van der Waals surface area contributed by atoms with E-state index in [9.17, 15) is 5.11 Å². The van der Waals surface area contributed by atoms with Crippen LogP contribution in [0.25, 0.3) is 0 Å². The van der Waals surface area contributed by atoms with E-state index in [2.05, 4.69) is 26.0 Å². The molecule has 0 spiro atoms. The van der Waals surface area contributed by atoms with Crippen LogP contribution in [-0.2, 0) is 5.60 Å². The van der Waals surface area contributed by atoms with Crippen molar-refractivity contribution in [2.75, 3.05) is 14.2 Å². The number of ether oxygens (including phenoxy) is 2. The normalized spacial score (nSPS) is 13.9. The Balaban J connectivity index is 2.59. The Morgan fingerprint density at radius 3 is 1.96 bits per heavy atom. The van der Waals surface area contributed by atoms with E-state index in [4.69, 9.17) is 9.47 Å². The van der Waals surface area contributed by atoms with Gasteiger partial charge in [0.2, 0.25) is 0 Å². The Morgan fingerprint density at radius 2 is 1.50 bits per heavy atom. The SMILES string of the molecule is COc1ccc(C(O)(c2ccc(C(C)C)cc2)C(C)C)c(OC)c1. The summed E-state index contributed by atoms with van der Waals surface area (Å²) in [5.41, 5.74) is 1.74. The van der Waals surface area contributed by atoms with E-state index in [0.29, 0.717) is 17.4 Å². The maximum absolute atomic E-state index is 11.6. The first-order valence-electron chi connectivity index (χ1n) is 8.39. The molecule has 0 heterocycles. The van der Waals surface area contributed by atoms with E-state index in [-0.39, 0.29) is 5.92 Å². The Morgan fingerprint density at radius 1 is 0.875 bits per heavy atom. The molecule has 0 fully saturated rings. The lowest BCUT2D eigenvalue weighted by Gasteiger charge is -2.34. The van der Waals surface area contributed by atoms with Gasteiger partial charge in [-0.25, -0.2) is 0 Å². The van der Waals surface area contributed by atoms with Crippen molar-refractivity contribution < 1.29 is 14.6 Å². The lowest BCUT2D eigenvalue weighted by Crippen LogP contribution is -2.34. The molecule has 24 heavy (non-hydrogen) atoms. The van der Waals surface area contributed by atoms with E-state index in [1.807, 2.05) is 44.2 Å². The van der Waals surface area contributed by atoms with Gasteiger partial charge in [0.05, 0.1) is 14.2 Å². The third-order valence-corrected chi connectivity index (χ3v) is 4.67. The smallest absolute Gasteiger partial charge is 0.129 e. The molecule has 0 aliphatic heterocycles. The molecule has 0 saturated carbocycles. The molecule has 3 heteroatoms. The summed E-state index contributed by atoms with van der Waals surface area (Å²) in [6, 6.07) is 13.7. The minimum atomic E-state index is -1.13. The third-order valence-electron chi connectivity index (χ3n) is 4.67. The summed E-state index contributed by atoms with van der Waals surface area (Å²) in [6.07, 6.45) is 0. The predicted octanol–water partition coefficient (Wildman–Crippen LogP) is 4.72. The largest absolute Gasteiger partial charge is 0.497 e. The molecule has 0 aromatic heterocycles. The summed E-state index contributed by atoms with van der Waals surface area (Å²) in [5.74, 6) is 1.77. The van der Waals surface area contributed by atoms with Crippen LogP contribution in [0.4, 0.5) is 0 Å². The zero-order chi connectivity index (χ0) is 17.9. The molecule has 0 radical (unpaired) electrons. The fourth-order valence-electron chi connectivity index (χ4n) is 3.04. The van der Waals surface area contributed by atoms with Crippen LogP contribution in [0.15, 0.2) is 42.5 Å². The standard InChI is InChI=1S/C21H28O3/c1-14(2)16-7-9-17(10-8-16)21(22,15(3)4)19-12-11-18(23-5)13-20(19)24-6/h7-15,22H,1-6H3. The van der Waals surface area contributed by atoms with Crippen LogP contribution in [0.1, 0.15) is 50.3 Å². The Kier molecular flexibility index (Phi) is 5.55. The summed E-state index contributed by atoms with van der Waals surface area (Å²) in [5, 5.41) is 11.6. The first-order chi connectivity index (χ1) is 11.3. The van der Waals surface area contributed by atoms with Crippen molar-refractivity contribution in [2.24, 2.45) is 5.92 Å². The summed E-state index contributed by atoms with van der Waals surface area (Å²) >= 11 is 0. The Labute approximate surface area is 145 Å². The molecule has 0 amide bonds.